The summed E-state index contributed by atoms with van der Waals surface area (Å²) in [5.41, 5.74) is 0.0654. The number of rotatable bonds is 7. The first-order valence-electron chi connectivity index (χ1n) is 13.8. The number of benzene rings is 5. The van der Waals surface area contributed by atoms with Crippen molar-refractivity contribution in [3.63, 3.8) is 0 Å². The summed E-state index contributed by atoms with van der Waals surface area (Å²) in [5, 5.41) is 72.1. The van der Waals surface area contributed by atoms with Gasteiger partial charge in [-0.2, -0.15) is 5.11 Å². The number of non-ortho nitro benzene ring substituents is 2. The maximum absolute atomic E-state index is 12.4. The zero-order chi connectivity index (χ0) is 34.4. The molecule has 0 aliphatic carbocycles. The monoisotopic (exact) mass is 717 g/mol. The minimum Gasteiger partial charge on any atom is -0.506 e. The first kappa shape index (κ1) is 37.7. The van der Waals surface area contributed by atoms with Crippen molar-refractivity contribution >= 4 is 44.9 Å². The molecule has 0 spiro atoms. The zero-order valence-electron chi connectivity index (χ0n) is 26.2. The smallest absolute Gasteiger partial charge is 0.271 e. The van der Waals surface area contributed by atoms with E-state index in [4.69, 9.17) is 0 Å². The Morgan fingerprint density at radius 1 is 0.720 bits per heavy atom. The summed E-state index contributed by atoms with van der Waals surface area (Å²) in [4.78, 5) is 32.8. The summed E-state index contributed by atoms with van der Waals surface area (Å²) in [6, 6.07) is 26.1. The fourth-order valence-corrected chi connectivity index (χ4v) is 4.32. The number of phenols is 3. The molecular formula is C32H27CrN9O8. The van der Waals surface area contributed by atoms with Crippen molar-refractivity contribution in [2.45, 2.75) is 6.92 Å². The molecule has 1 heterocycles. The van der Waals surface area contributed by atoms with E-state index in [1.807, 2.05) is 18.2 Å². The third kappa shape index (κ3) is 8.39. The van der Waals surface area contributed by atoms with Crippen LogP contribution >= 0.6 is 0 Å². The van der Waals surface area contributed by atoms with Gasteiger partial charge in [0.2, 0.25) is 0 Å². The molecule has 0 aliphatic heterocycles. The molecule has 0 fully saturated rings. The molecule has 0 amide bonds. The number of aromatic nitrogens is 2. The summed E-state index contributed by atoms with van der Waals surface area (Å²) in [6.45, 7) is 1.60. The maximum Gasteiger partial charge on any atom is 0.271 e. The van der Waals surface area contributed by atoms with Gasteiger partial charge in [0.05, 0.1) is 15.5 Å². The molecule has 1 aromatic heterocycles. The van der Waals surface area contributed by atoms with E-state index in [1.54, 1.807) is 49.4 Å². The molecule has 7 N–H and O–H groups in total. The van der Waals surface area contributed by atoms with Crippen LogP contribution in [0, 0.1) is 27.2 Å². The van der Waals surface area contributed by atoms with Crippen LogP contribution in [0.5, 0.6) is 17.2 Å². The third-order valence-electron chi connectivity index (χ3n) is 6.72. The second-order valence-electron chi connectivity index (χ2n) is 9.90. The number of phenolic OH excluding ortho intramolecular Hbond substituents is 3. The molecule has 0 bridgehead atoms. The van der Waals surface area contributed by atoms with Crippen LogP contribution in [0.2, 0.25) is 0 Å². The molecule has 0 saturated carbocycles. The van der Waals surface area contributed by atoms with Crippen molar-refractivity contribution in [3.8, 4) is 22.9 Å². The van der Waals surface area contributed by atoms with E-state index in [2.05, 4.69) is 25.6 Å². The van der Waals surface area contributed by atoms with E-state index in [-0.39, 0.29) is 74.9 Å². The maximum atomic E-state index is 12.4. The molecule has 17 nitrogen and oxygen atoms in total. The number of nitro groups is 2. The van der Waals surface area contributed by atoms with Crippen molar-refractivity contribution in [1.29, 1.82) is 0 Å². The summed E-state index contributed by atoms with van der Waals surface area (Å²) in [5.74, 6) is -0.591. The van der Waals surface area contributed by atoms with E-state index in [0.29, 0.717) is 16.8 Å². The van der Waals surface area contributed by atoms with Crippen molar-refractivity contribution in [2.24, 2.45) is 20.5 Å². The molecule has 0 unspecified atom stereocenters. The number of fused-ring (bicyclic) bond motifs is 1. The van der Waals surface area contributed by atoms with Gasteiger partial charge in [-0.05, 0) is 35.7 Å². The van der Waals surface area contributed by atoms with E-state index in [1.165, 1.54) is 22.9 Å². The van der Waals surface area contributed by atoms with Crippen LogP contribution in [0.25, 0.3) is 16.5 Å². The molecular weight excluding hydrogens is 690 g/mol. The van der Waals surface area contributed by atoms with Gasteiger partial charge >= 0.3 is 0 Å². The SMILES string of the molecule is Cc1nn(-c2ccccc2)c(=O)[c-]1N=Nc1cc([N+](=O)[O-])ccc1O.O=[N+]([O-])c1ccc(O)c(N=Nc2c(O)ccc3ccccc23)c1.[Cr].[NH4+]. The summed E-state index contributed by atoms with van der Waals surface area (Å²) in [7, 11) is 0. The fraction of sp³-hybridized carbons (Fsp3) is 0.0312. The predicted octanol–water partition coefficient (Wildman–Crippen LogP) is 8.24. The fourth-order valence-electron chi connectivity index (χ4n) is 4.32. The molecule has 6 rings (SSSR count). The number of nitro benzene ring substituents is 2. The number of aromatic hydroxyl groups is 3. The molecule has 6 aromatic rings. The molecule has 50 heavy (non-hydrogen) atoms. The quantitative estimate of drug-likeness (QED) is 0.0535. The predicted molar refractivity (Wildman–Crippen MR) is 180 cm³/mol. The van der Waals surface area contributed by atoms with Crippen LogP contribution in [0.1, 0.15) is 5.69 Å². The largest absolute Gasteiger partial charge is 0.506 e. The topological polar surface area (TPSA) is 268 Å². The van der Waals surface area contributed by atoms with E-state index >= 15 is 0 Å². The van der Waals surface area contributed by atoms with Gasteiger partial charge in [0.15, 0.2) is 0 Å². The van der Waals surface area contributed by atoms with Gasteiger partial charge < -0.3 is 31.4 Å². The third-order valence-corrected chi connectivity index (χ3v) is 6.72. The minimum absolute atomic E-state index is 0. The molecule has 0 saturated heterocycles. The summed E-state index contributed by atoms with van der Waals surface area (Å²) < 4.78 is 1.19. The Labute approximate surface area is 292 Å². The first-order chi connectivity index (χ1) is 23.0. The Morgan fingerprint density at radius 3 is 1.86 bits per heavy atom. The Morgan fingerprint density at radius 2 is 1.26 bits per heavy atom. The summed E-state index contributed by atoms with van der Waals surface area (Å²) in [6.07, 6.45) is 0. The van der Waals surface area contributed by atoms with Crippen LogP contribution in [0.15, 0.2) is 128 Å². The number of hydrogen-bond acceptors (Lipinski definition) is 13. The van der Waals surface area contributed by atoms with Crippen molar-refractivity contribution < 1.29 is 42.5 Å². The molecule has 5 aromatic carbocycles. The van der Waals surface area contributed by atoms with Gasteiger partial charge in [0.25, 0.3) is 11.4 Å². The molecule has 254 valence electrons. The first-order valence-corrected chi connectivity index (χ1v) is 13.8. The number of quaternary nitrogens is 1. The molecule has 18 heteroatoms. The number of nitrogens with zero attached hydrogens (tertiary/aromatic N) is 8. The van der Waals surface area contributed by atoms with Crippen LogP contribution in [-0.4, -0.2) is 34.9 Å². The van der Waals surface area contributed by atoms with Gasteiger partial charge in [-0.3, -0.25) is 20.2 Å². The zero-order valence-corrected chi connectivity index (χ0v) is 27.5. The number of aryl methyl sites for hydroxylation is 1. The summed E-state index contributed by atoms with van der Waals surface area (Å²) >= 11 is 0. The van der Waals surface area contributed by atoms with E-state index in [0.717, 1.165) is 29.7 Å². The van der Waals surface area contributed by atoms with E-state index < -0.39 is 15.4 Å². The second kappa shape index (κ2) is 16.4. The Balaban J connectivity index is 0.000000261. The van der Waals surface area contributed by atoms with Gasteiger partial charge in [0.1, 0.15) is 39.9 Å². The van der Waals surface area contributed by atoms with Crippen LogP contribution < -0.4 is 11.7 Å². The van der Waals surface area contributed by atoms with Gasteiger partial charge in [-0.15, -0.1) is 15.9 Å². The van der Waals surface area contributed by atoms with Gasteiger partial charge in [-0.25, -0.2) is 9.78 Å². The van der Waals surface area contributed by atoms with Crippen LogP contribution in [0.3, 0.4) is 0 Å². The molecule has 0 radical (unpaired) electrons. The van der Waals surface area contributed by atoms with Crippen LogP contribution in [-0.2, 0) is 17.4 Å². The average Bonchev–Trinajstić information content (AvgIpc) is 3.37. The Kier molecular flexibility index (Phi) is 12.4. The Bertz CT molecular complexity index is 2290. The molecule has 0 atom stereocenters. The van der Waals surface area contributed by atoms with Gasteiger partial charge in [-0.1, -0.05) is 61.1 Å². The van der Waals surface area contributed by atoms with E-state index in [9.17, 15) is 40.3 Å². The standard InChI is InChI=1S/C16H12N5O4.C16H11N3O4.Cr.H3N/c1-10-15(16(23)20(19-10)11-5-3-2-4-6-11)18-17-13-9-12(21(24)25)7-8-14(13)22;20-14-8-6-11(19(22)23)9-13(14)17-18-16-12-4-2-1-3-10(12)5-7-15(16)21;;/h2-9,22H,1H3;1-9,20-21H;;1H3/q-1;;;/p+1. The molecule has 0 aliphatic rings. The second-order valence-corrected chi connectivity index (χ2v) is 9.90. The average molecular weight is 718 g/mol. The minimum atomic E-state index is -0.615. The number of hydrogen-bond donors (Lipinski definition) is 4. The Hall–Kier alpha value is -6.74. The van der Waals surface area contributed by atoms with Crippen LogP contribution in [0.4, 0.5) is 34.1 Å². The number of azo groups is 2. The van der Waals surface area contributed by atoms with Crippen molar-refractivity contribution in [2.75, 3.05) is 0 Å². The van der Waals surface area contributed by atoms with Gasteiger partial charge in [0, 0.05) is 47.0 Å². The van der Waals surface area contributed by atoms with Crippen molar-refractivity contribution in [1.82, 2.24) is 15.9 Å². The number of para-hydroxylation sites is 1. The normalized spacial score (nSPS) is 10.7. The van der Waals surface area contributed by atoms with Crippen molar-refractivity contribution in [3.05, 3.63) is 139 Å².